The van der Waals surface area contributed by atoms with Gasteiger partial charge in [-0.2, -0.15) is 0 Å². The minimum absolute atomic E-state index is 0.140. The average Bonchev–Trinajstić information content (AvgIpc) is 3.15. The van der Waals surface area contributed by atoms with Crippen LogP contribution in [0.1, 0.15) is 83.1 Å². The maximum atomic E-state index is 14.1. The van der Waals surface area contributed by atoms with Crippen molar-refractivity contribution in [2.45, 2.75) is 83.1 Å². The van der Waals surface area contributed by atoms with E-state index in [-0.39, 0.29) is 33.2 Å². The Labute approximate surface area is 343 Å². The first kappa shape index (κ1) is 39.2. The minimum Gasteiger partial charge on any atom is -0.289 e. The molecule has 2 aliphatic carbocycles. The Bertz CT molecular complexity index is 2730. The summed E-state index contributed by atoms with van der Waals surface area (Å²) in [6, 6.07) is 35.3. The Morgan fingerprint density at radius 1 is 0.276 bits per heavy atom. The van der Waals surface area contributed by atoms with Gasteiger partial charge in [0.05, 0.1) is 0 Å². The van der Waals surface area contributed by atoms with Crippen LogP contribution in [0.5, 0.6) is 0 Å². The van der Waals surface area contributed by atoms with E-state index >= 15 is 0 Å². The van der Waals surface area contributed by atoms with Crippen molar-refractivity contribution in [2.75, 3.05) is 0 Å². The van der Waals surface area contributed by atoms with Crippen LogP contribution in [-0.4, -0.2) is 11.6 Å². The van der Waals surface area contributed by atoms with Crippen LogP contribution in [0, 0.1) is 32.1 Å². The zero-order chi connectivity index (χ0) is 41.7. The highest BCUT2D eigenvalue weighted by Gasteiger charge is 2.36. The molecule has 2 heteroatoms. The first-order chi connectivity index (χ1) is 27.2. The molecule has 2 aliphatic rings. The topological polar surface area (TPSA) is 34.1 Å². The van der Waals surface area contributed by atoms with Crippen LogP contribution in [0.3, 0.4) is 0 Å². The van der Waals surface area contributed by atoms with Crippen molar-refractivity contribution in [3.63, 3.8) is 0 Å². The molecule has 0 fully saturated rings. The lowest BCUT2D eigenvalue weighted by Crippen LogP contribution is -2.29. The van der Waals surface area contributed by atoms with Crippen molar-refractivity contribution in [1.82, 2.24) is 0 Å². The van der Waals surface area contributed by atoms with Crippen LogP contribution in [0.15, 0.2) is 144 Å². The molecule has 292 valence electrons. The second kappa shape index (κ2) is 13.5. The summed E-state index contributed by atoms with van der Waals surface area (Å²) in [6.07, 6.45) is 8.65. The highest BCUT2D eigenvalue weighted by Crippen LogP contribution is 2.41. The predicted molar refractivity (Wildman–Crippen MR) is 247 cm³/mol. The summed E-state index contributed by atoms with van der Waals surface area (Å²) in [4.78, 5) is 28.3. The lowest BCUT2D eigenvalue weighted by atomic mass is 9.71. The molecule has 0 amide bonds. The Balaban J connectivity index is 1.69. The fourth-order valence-electron chi connectivity index (χ4n) is 9.19. The number of carbonyl (C=O) groups excluding carboxylic acids is 2. The van der Waals surface area contributed by atoms with Crippen molar-refractivity contribution >= 4 is 65.8 Å². The van der Waals surface area contributed by atoms with Gasteiger partial charge in [0.2, 0.25) is 0 Å². The molecule has 58 heavy (non-hydrogen) atoms. The number of carbonyl (C=O) groups is 2. The van der Waals surface area contributed by atoms with E-state index in [1.54, 1.807) is 0 Å². The van der Waals surface area contributed by atoms with E-state index in [1.807, 2.05) is 0 Å². The van der Waals surface area contributed by atoms with Gasteiger partial charge in [-0.05, 0) is 121 Å². The molecule has 0 spiro atoms. The molecule has 0 atom stereocenters. The quantitative estimate of drug-likeness (QED) is 0.145. The van der Waals surface area contributed by atoms with Crippen LogP contribution in [0.4, 0.5) is 0 Å². The van der Waals surface area contributed by atoms with Gasteiger partial charge in [0, 0.05) is 22.3 Å². The van der Waals surface area contributed by atoms with E-state index in [2.05, 4.69) is 204 Å². The van der Waals surface area contributed by atoms with Crippen molar-refractivity contribution in [3.05, 3.63) is 165 Å². The van der Waals surface area contributed by atoms with Crippen LogP contribution in [0.2, 0.25) is 0 Å². The number of Topliss-reactive ketones (excluding diaryl/α,β-unsaturated/α-hetero) is 2. The molecule has 0 saturated heterocycles. The number of fused-ring (bicyclic) bond motifs is 4. The maximum Gasteiger partial charge on any atom is 0.186 e. The molecule has 6 aromatic rings. The zero-order valence-corrected chi connectivity index (χ0v) is 36.4. The van der Waals surface area contributed by atoms with E-state index in [1.165, 1.54) is 32.0 Å². The number of ketones is 2. The SMILES string of the molecule is CC(C)(C)C1=CC(=c2c3ccccc3c(=c3c4ccccc4c(=C4C=C(C(C)(C)C)C(=O)C(C(C)(C)C)=C4)c4ccccc34)c3ccccc23)C=C(C(C)(C)C)C1=O. The van der Waals surface area contributed by atoms with Crippen molar-refractivity contribution < 1.29 is 9.59 Å². The maximum absolute atomic E-state index is 14.1. The highest BCUT2D eigenvalue weighted by molar-refractivity contribution is 6.17. The molecule has 0 unspecified atom stereocenters. The van der Waals surface area contributed by atoms with Gasteiger partial charge < -0.3 is 0 Å². The predicted octanol–water partition coefficient (Wildman–Crippen LogP) is 12.9. The summed E-state index contributed by atoms with van der Waals surface area (Å²) in [6.45, 7) is 25.7. The molecule has 0 aliphatic heterocycles. The number of allylic oxidation sites excluding steroid dienone is 8. The first-order valence-corrected chi connectivity index (χ1v) is 20.8. The van der Waals surface area contributed by atoms with Crippen molar-refractivity contribution in [2.24, 2.45) is 21.7 Å². The Hall–Kier alpha value is -5.60. The lowest BCUT2D eigenvalue weighted by molar-refractivity contribution is -0.114. The van der Waals surface area contributed by atoms with E-state index in [9.17, 15) is 9.59 Å². The van der Waals surface area contributed by atoms with Gasteiger partial charge >= 0.3 is 0 Å². The standard InChI is InChI=1S/C56H56O2/c1-53(2,3)43-29-33(30-44(51(43)57)54(4,5)6)47-35-21-13-17-25-39(35)49(40-26-18-14-22-36(40)47)50-41-27-19-15-23-37(41)48(38-24-16-20-28-42(38)50)34-31-45(55(7,8)9)52(58)46(32-34)56(10,11)12/h13-32H,1-12H3. The summed E-state index contributed by atoms with van der Waals surface area (Å²) < 4.78 is 0. The van der Waals surface area contributed by atoms with Crippen molar-refractivity contribution in [1.29, 1.82) is 0 Å². The van der Waals surface area contributed by atoms with Gasteiger partial charge in [-0.15, -0.1) is 0 Å². The normalized spacial score (nSPS) is 16.0. The van der Waals surface area contributed by atoms with Gasteiger partial charge in [-0.25, -0.2) is 0 Å². The largest absolute Gasteiger partial charge is 0.289 e. The zero-order valence-electron chi connectivity index (χ0n) is 36.4. The lowest BCUT2D eigenvalue weighted by Gasteiger charge is -2.31. The molecule has 0 aromatic heterocycles. The van der Waals surface area contributed by atoms with Gasteiger partial charge in [0.1, 0.15) is 0 Å². The second-order valence-electron chi connectivity index (χ2n) is 20.5. The Morgan fingerprint density at radius 3 is 0.621 bits per heavy atom. The molecule has 0 radical (unpaired) electrons. The molecule has 0 bridgehead atoms. The van der Waals surface area contributed by atoms with Crippen LogP contribution in [-0.2, 0) is 9.59 Å². The summed E-state index contributed by atoms with van der Waals surface area (Å²) in [5.41, 5.74) is 4.21. The number of hydrogen-bond donors (Lipinski definition) is 0. The van der Waals surface area contributed by atoms with Crippen LogP contribution >= 0.6 is 0 Å². The monoisotopic (exact) mass is 760 g/mol. The highest BCUT2D eigenvalue weighted by atomic mass is 16.1. The van der Waals surface area contributed by atoms with Crippen LogP contribution in [0.25, 0.3) is 54.2 Å². The van der Waals surface area contributed by atoms with Gasteiger partial charge in [-0.3, -0.25) is 9.59 Å². The Morgan fingerprint density at radius 2 is 0.448 bits per heavy atom. The fraction of sp³-hybridized carbons (Fsp3) is 0.286. The average molecular weight is 761 g/mol. The Kier molecular flexibility index (Phi) is 9.12. The number of hydrogen-bond acceptors (Lipinski definition) is 2. The summed E-state index contributed by atoms with van der Waals surface area (Å²) in [5.74, 6) is 0.280. The van der Waals surface area contributed by atoms with Gasteiger partial charge in [0.15, 0.2) is 11.6 Å². The van der Waals surface area contributed by atoms with E-state index in [4.69, 9.17) is 0 Å². The fourth-order valence-corrected chi connectivity index (χ4v) is 9.19. The van der Waals surface area contributed by atoms with Crippen LogP contribution < -0.4 is 10.4 Å². The third-order valence-electron chi connectivity index (χ3n) is 12.1. The van der Waals surface area contributed by atoms with Gasteiger partial charge in [-0.1, -0.05) is 180 Å². The summed E-state index contributed by atoms with van der Waals surface area (Å²) in [5, 5.41) is 14.0. The van der Waals surface area contributed by atoms with Crippen molar-refractivity contribution in [3.8, 4) is 0 Å². The van der Waals surface area contributed by atoms with E-state index < -0.39 is 0 Å². The smallest absolute Gasteiger partial charge is 0.186 e. The third kappa shape index (κ3) is 6.42. The van der Waals surface area contributed by atoms with E-state index in [0.29, 0.717) is 0 Å². The molecular formula is C56H56O2. The minimum atomic E-state index is -0.326. The molecule has 0 N–H and O–H groups in total. The summed E-state index contributed by atoms with van der Waals surface area (Å²) in [7, 11) is 0. The second-order valence-corrected chi connectivity index (χ2v) is 20.5. The number of rotatable bonds is 0. The number of benzene rings is 6. The molecule has 8 rings (SSSR count). The molecule has 6 aromatic carbocycles. The first-order valence-electron chi connectivity index (χ1n) is 20.8. The third-order valence-corrected chi connectivity index (χ3v) is 12.1. The molecular weight excluding hydrogens is 705 g/mol. The summed E-state index contributed by atoms with van der Waals surface area (Å²) >= 11 is 0. The van der Waals surface area contributed by atoms with Gasteiger partial charge in [0.25, 0.3) is 0 Å². The molecule has 0 heterocycles. The van der Waals surface area contributed by atoms with E-state index in [0.717, 1.165) is 65.4 Å². The molecule has 2 nitrogen and oxygen atoms in total. The molecule has 0 saturated carbocycles.